The maximum Gasteiger partial charge on any atom is 0.239 e. The van der Waals surface area contributed by atoms with Crippen LogP contribution < -0.4 is 11.1 Å². The van der Waals surface area contributed by atoms with Crippen molar-refractivity contribution >= 4 is 11.8 Å². The molecule has 2 amide bonds. The van der Waals surface area contributed by atoms with Crippen LogP contribution in [-0.4, -0.2) is 42.4 Å². The molecule has 2 aliphatic rings. The van der Waals surface area contributed by atoms with E-state index in [1.165, 1.54) is 0 Å². The number of carbonyl (C=O) groups excluding carboxylic acids is 2. The lowest BCUT2D eigenvalue weighted by Gasteiger charge is -2.32. The maximum absolute atomic E-state index is 12.1. The van der Waals surface area contributed by atoms with E-state index in [2.05, 4.69) is 5.32 Å². The van der Waals surface area contributed by atoms with Crippen LogP contribution in [0.2, 0.25) is 0 Å². The van der Waals surface area contributed by atoms with Gasteiger partial charge in [-0.15, -0.1) is 0 Å². The highest BCUT2D eigenvalue weighted by Crippen LogP contribution is 2.18. The van der Waals surface area contributed by atoms with Gasteiger partial charge in [0.1, 0.15) is 0 Å². The smallest absolute Gasteiger partial charge is 0.239 e. The predicted octanol–water partition coefficient (Wildman–Crippen LogP) is -0.538. The van der Waals surface area contributed by atoms with Gasteiger partial charge in [-0.1, -0.05) is 0 Å². The number of likely N-dealkylation sites (tertiary alicyclic amines) is 1. The summed E-state index contributed by atoms with van der Waals surface area (Å²) in [6.07, 6.45) is 3.67. The molecule has 3 N–H and O–H groups in total. The second-order valence-electron chi connectivity index (χ2n) is 4.67. The van der Waals surface area contributed by atoms with Crippen LogP contribution >= 0.6 is 0 Å². The Morgan fingerprint density at radius 2 is 2.06 bits per heavy atom. The van der Waals surface area contributed by atoms with Crippen molar-refractivity contribution in [3.05, 3.63) is 0 Å². The SMILES string of the molecule is NC(=O)C1CCCN(C(=O)[C@H]2CCCN2)C1. The largest absolute Gasteiger partial charge is 0.369 e. The zero-order chi connectivity index (χ0) is 11.5. The summed E-state index contributed by atoms with van der Waals surface area (Å²) in [5.41, 5.74) is 5.29. The number of hydrogen-bond acceptors (Lipinski definition) is 3. The van der Waals surface area contributed by atoms with Crippen molar-refractivity contribution in [2.45, 2.75) is 31.7 Å². The quantitative estimate of drug-likeness (QED) is 0.663. The summed E-state index contributed by atoms with van der Waals surface area (Å²) < 4.78 is 0. The van der Waals surface area contributed by atoms with Gasteiger partial charge < -0.3 is 16.0 Å². The van der Waals surface area contributed by atoms with Gasteiger partial charge in [-0.25, -0.2) is 0 Å². The third-order valence-corrected chi connectivity index (χ3v) is 3.49. The highest BCUT2D eigenvalue weighted by Gasteiger charge is 2.31. The molecule has 5 nitrogen and oxygen atoms in total. The van der Waals surface area contributed by atoms with Crippen LogP contribution in [0.5, 0.6) is 0 Å². The topological polar surface area (TPSA) is 75.4 Å². The van der Waals surface area contributed by atoms with Crippen LogP contribution in [0.1, 0.15) is 25.7 Å². The summed E-state index contributed by atoms with van der Waals surface area (Å²) in [6, 6.07) is -0.0355. The molecule has 2 rings (SSSR count). The molecule has 2 aliphatic heterocycles. The van der Waals surface area contributed by atoms with Gasteiger partial charge in [-0.05, 0) is 32.2 Å². The molecule has 2 atom stereocenters. The fraction of sp³-hybridized carbons (Fsp3) is 0.818. The molecule has 0 aromatic heterocycles. The highest BCUT2D eigenvalue weighted by molar-refractivity contribution is 5.83. The molecule has 0 aromatic rings. The Morgan fingerprint density at radius 3 is 2.69 bits per heavy atom. The molecule has 0 bridgehead atoms. The molecule has 1 unspecified atom stereocenters. The Morgan fingerprint density at radius 1 is 1.25 bits per heavy atom. The minimum atomic E-state index is -0.281. The predicted molar refractivity (Wildman–Crippen MR) is 59.5 cm³/mol. The Hall–Kier alpha value is -1.10. The average molecular weight is 225 g/mol. The van der Waals surface area contributed by atoms with Crippen molar-refractivity contribution in [3.63, 3.8) is 0 Å². The van der Waals surface area contributed by atoms with Crippen LogP contribution in [0, 0.1) is 5.92 Å². The molecular formula is C11H19N3O2. The van der Waals surface area contributed by atoms with Gasteiger partial charge in [0.15, 0.2) is 0 Å². The van der Waals surface area contributed by atoms with E-state index < -0.39 is 0 Å². The summed E-state index contributed by atoms with van der Waals surface area (Å²) in [6.45, 7) is 2.19. The van der Waals surface area contributed by atoms with Crippen LogP contribution in [0.3, 0.4) is 0 Å². The molecular weight excluding hydrogens is 206 g/mol. The number of nitrogens with zero attached hydrogens (tertiary/aromatic N) is 1. The fourth-order valence-electron chi connectivity index (χ4n) is 2.53. The van der Waals surface area contributed by atoms with E-state index in [9.17, 15) is 9.59 Å². The third kappa shape index (κ3) is 2.35. The lowest BCUT2D eigenvalue weighted by atomic mass is 9.97. The average Bonchev–Trinajstić information content (AvgIpc) is 2.81. The zero-order valence-electron chi connectivity index (χ0n) is 9.45. The van der Waals surface area contributed by atoms with Gasteiger partial charge >= 0.3 is 0 Å². The van der Waals surface area contributed by atoms with Crippen LogP contribution in [0.15, 0.2) is 0 Å². The van der Waals surface area contributed by atoms with Crippen molar-refractivity contribution in [3.8, 4) is 0 Å². The fourth-order valence-corrected chi connectivity index (χ4v) is 2.53. The van der Waals surface area contributed by atoms with E-state index in [1.807, 2.05) is 0 Å². The molecule has 0 aromatic carbocycles. The molecule has 0 saturated carbocycles. The molecule has 90 valence electrons. The third-order valence-electron chi connectivity index (χ3n) is 3.49. The minimum absolute atomic E-state index is 0.0355. The number of hydrogen-bond donors (Lipinski definition) is 2. The number of primary amides is 1. The first-order chi connectivity index (χ1) is 7.68. The highest BCUT2D eigenvalue weighted by atomic mass is 16.2. The molecule has 5 heteroatoms. The van der Waals surface area contributed by atoms with Gasteiger partial charge in [0.25, 0.3) is 0 Å². The van der Waals surface area contributed by atoms with Crippen LogP contribution in [0.4, 0.5) is 0 Å². The van der Waals surface area contributed by atoms with Gasteiger partial charge in [-0.2, -0.15) is 0 Å². The molecule has 0 spiro atoms. The summed E-state index contributed by atoms with van der Waals surface area (Å²) in [4.78, 5) is 25.0. The van der Waals surface area contributed by atoms with Crippen LogP contribution in [-0.2, 0) is 9.59 Å². The Labute approximate surface area is 95.3 Å². The van der Waals surface area contributed by atoms with E-state index in [-0.39, 0.29) is 23.8 Å². The second kappa shape index (κ2) is 4.82. The number of nitrogens with two attached hydrogens (primary N) is 1. The van der Waals surface area contributed by atoms with E-state index >= 15 is 0 Å². The normalized spacial score (nSPS) is 30.4. The summed E-state index contributed by atoms with van der Waals surface area (Å²) in [5.74, 6) is -0.292. The summed E-state index contributed by atoms with van der Waals surface area (Å²) >= 11 is 0. The van der Waals surface area contributed by atoms with E-state index in [0.29, 0.717) is 6.54 Å². The summed E-state index contributed by atoms with van der Waals surface area (Å²) in [7, 11) is 0. The van der Waals surface area contributed by atoms with Crippen molar-refractivity contribution in [1.82, 2.24) is 10.2 Å². The number of amides is 2. The van der Waals surface area contributed by atoms with E-state index in [0.717, 1.165) is 38.8 Å². The molecule has 2 heterocycles. The van der Waals surface area contributed by atoms with E-state index in [4.69, 9.17) is 5.73 Å². The first-order valence-corrected chi connectivity index (χ1v) is 6.00. The van der Waals surface area contributed by atoms with Crippen molar-refractivity contribution in [1.29, 1.82) is 0 Å². The first-order valence-electron chi connectivity index (χ1n) is 6.00. The van der Waals surface area contributed by atoms with Gasteiger partial charge in [0.2, 0.25) is 11.8 Å². The summed E-state index contributed by atoms with van der Waals surface area (Å²) in [5, 5.41) is 3.19. The van der Waals surface area contributed by atoms with Crippen molar-refractivity contribution in [2.24, 2.45) is 11.7 Å². The van der Waals surface area contributed by atoms with Crippen molar-refractivity contribution in [2.75, 3.05) is 19.6 Å². The monoisotopic (exact) mass is 225 g/mol. The lowest BCUT2D eigenvalue weighted by Crippen LogP contribution is -2.49. The molecule has 2 saturated heterocycles. The maximum atomic E-state index is 12.1. The Balaban J connectivity index is 1.93. The standard InChI is InChI=1S/C11H19N3O2/c12-10(15)8-3-2-6-14(7-8)11(16)9-4-1-5-13-9/h8-9,13H,1-7H2,(H2,12,15)/t8?,9-/m1/s1. The molecule has 0 aliphatic carbocycles. The molecule has 0 radical (unpaired) electrons. The Kier molecular flexibility index (Phi) is 3.43. The molecule has 16 heavy (non-hydrogen) atoms. The van der Waals surface area contributed by atoms with Gasteiger partial charge in [-0.3, -0.25) is 9.59 Å². The van der Waals surface area contributed by atoms with Gasteiger partial charge in [0, 0.05) is 13.1 Å². The van der Waals surface area contributed by atoms with Gasteiger partial charge in [0.05, 0.1) is 12.0 Å². The molecule has 2 fully saturated rings. The van der Waals surface area contributed by atoms with Crippen LogP contribution in [0.25, 0.3) is 0 Å². The first kappa shape index (κ1) is 11.4. The number of rotatable bonds is 2. The minimum Gasteiger partial charge on any atom is -0.369 e. The number of carbonyl (C=O) groups is 2. The van der Waals surface area contributed by atoms with E-state index in [1.54, 1.807) is 4.90 Å². The second-order valence-corrected chi connectivity index (χ2v) is 4.67. The lowest BCUT2D eigenvalue weighted by molar-refractivity contribution is -0.136. The number of nitrogens with one attached hydrogen (secondary N) is 1. The zero-order valence-corrected chi connectivity index (χ0v) is 9.45. The van der Waals surface area contributed by atoms with Crippen molar-refractivity contribution < 1.29 is 9.59 Å². The number of piperidine rings is 1. The Bertz CT molecular complexity index is 287.